The van der Waals surface area contributed by atoms with E-state index in [0.717, 1.165) is 40.9 Å². The fraction of sp³-hybridized carbons (Fsp3) is 0.304. The highest BCUT2D eigenvalue weighted by molar-refractivity contribution is 6.15. The zero-order valence-electron chi connectivity index (χ0n) is 16.4. The lowest BCUT2D eigenvalue weighted by atomic mass is 10.0. The SMILES string of the molecule is CCN(C(=O)c1cnc(N2CCOCC2)c2ccccc12)c1cccc(C)c1. The van der Waals surface area contributed by atoms with Gasteiger partial charge in [0.2, 0.25) is 0 Å². The third-order valence-electron chi connectivity index (χ3n) is 5.19. The van der Waals surface area contributed by atoms with Gasteiger partial charge in [-0.3, -0.25) is 4.79 Å². The number of rotatable bonds is 4. The number of ether oxygens (including phenoxy) is 1. The second-order valence-corrected chi connectivity index (χ2v) is 7.03. The molecule has 0 bridgehead atoms. The number of carbonyl (C=O) groups excluding carboxylic acids is 1. The molecule has 5 nitrogen and oxygen atoms in total. The summed E-state index contributed by atoms with van der Waals surface area (Å²) in [4.78, 5) is 22.2. The molecule has 1 aliphatic rings. The van der Waals surface area contributed by atoms with Crippen LogP contribution in [0.3, 0.4) is 0 Å². The highest BCUT2D eigenvalue weighted by Crippen LogP contribution is 2.29. The van der Waals surface area contributed by atoms with Gasteiger partial charge in [-0.25, -0.2) is 4.98 Å². The van der Waals surface area contributed by atoms with Gasteiger partial charge in [-0.05, 0) is 36.9 Å². The minimum absolute atomic E-state index is 0.0228. The molecule has 2 aromatic carbocycles. The van der Waals surface area contributed by atoms with Crippen LogP contribution in [0.1, 0.15) is 22.8 Å². The Morgan fingerprint density at radius 3 is 2.57 bits per heavy atom. The van der Waals surface area contributed by atoms with Crippen molar-refractivity contribution in [3.63, 3.8) is 0 Å². The van der Waals surface area contributed by atoms with Crippen molar-refractivity contribution in [1.29, 1.82) is 0 Å². The number of benzene rings is 2. The highest BCUT2D eigenvalue weighted by Gasteiger charge is 2.22. The Labute approximate surface area is 165 Å². The summed E-state index contributed by atoms with van der Waals surface area (Å²) in [5.41, 5.74) is 2.68. The zero-order valence-corrected chi connectivity index (χ0v) is 16.4. The van der Waals surface area contributed by atoms with Crippen LogP contribution >= 0.6 is 0 Å². The Bertz CT molecular complexity index is 996. The van der Waals surface area contributed by atoms with Crippen molar-refractivity contribution < 1.29 is 9.53 Å². The van der Waals surface area contributed by atoms with Crippen LogP contribution in [0.15, 0.2) is 54.7 Å². The molecule has 28 heavy (non-hydrogen) atoms. The lowest BCUT2D eigenvalue weighted by Gasteiger charge is -2.29. The Balaban J connectivity index is 1.77. The van der Waals surface area contributed by atoms with Crippen LogP contribution in [0.25, 0.3) is 10.8 Å². The van der Waals surface area contributed by atoms with Gasteiger partial charge >= 0.3 is 0 Å². The molecule has 0 unspecified atom stereocenters. The van der Waals surface area contributed by atoms with Crippen LogP contribution in [0.4, 0.5) is 11.5 Å². The number of anilines is 2. The molecule has 0 spiro atoms. The van der Waals surface area contributed by atoms with Crippen molar-refractivity contribution in [2.75, 3.05) is 42.6 Å². The average Bonchev–Trinajstić information content (AvgIpc) is 2.74. The van der Waals surface area contributed by atoms with Crippen molar-refractivity contribution in [1.82, 2.24) is 4.98 Å². The predicted molar refractivity (Wildman–Crippen MR) is 113 cm³/mol. The van der Waals surface area contributed by atoms with Crippen molar-refractivity contribution in [3.8, 4) is 0 Å². The fourth-order valence-corrected chi connectivity index (χ4v) is 3.76. The molecule has 1 amide bonds. The average molecular weight is 375 g/mol. The van der Waals surface area contributed by atoms with Crippen LogP contribution in [-0.2, 0) is 4.74 Å². The van der Waals surface area contributed by atoms with Crippen LogP contribution in [0.2, 0.25) is 0 Å². The number of pyridine rings is 1. The summed E-state index contributed by atoms with van der Waals surface area (Å²) in [5, 5.41) is 1.95. The van der Waals surface area contributed by atoms with E-state index >= 15 is 0 Å². The van der Waals surface area contributed by atoms with Gasteiger partial charge in [0, 0.05) is 36.9 Å². The number of hydrogen-bond acceptors (Lipinski definition) is 4. The summed E-state index contributed by atoms with van der Waals surface area (Å²) in [5.74, 6) is 0.902. The third kappa shape index (κ3) is 3.45. The van der Waals surface area contributed by atoms with Crippen molar-refractivity contribution >= 4 is 28.2 Å². The van der Waals surface area contributed by atoms with Crippen LogP contribution in [-0.4, -0.2) is 43.7 Å². The topological polar surface area (TPSA) is 45.7 Å². The Kier molecular flexibility index (Phi) is 5.26. The Morgan fingerprint density at radius 2 is 1.86 bits per heavy atom. The molecule has 0 N–H and O–H groups in total. The molecule has 0 aliphatic carbocycles. The lowest BCUT2D eigenvalue weighted by Crippen LogP contribution is -2.37. The third-order valence-corrected chi connectivity index (χ3v) is 5.19. The number of aryl methyl sites for hydroxylation is 1. The summed E-state index contributed by atoms with van der Waals surface area (Å²) in [6.45, 7) is 7.67. The number of fused-ring (bicyclic) bond motifs is 1. The minimum atomic E-state index is -0.0228. The van der Waals surface area contributed by atoms with Gasteiger partial charge in [0.25, 0.3) is 5.91 Å². The molecule has 0 saturated carbocycles. The number of nitrogens with zero attached hydrogens (tertiary/aromatic N) is 3. The van der Waals surface area contributed by atoms with Crippen molar-refractivity contribution in [2.24, 2.45) is 0 Å². The van der Waals surface area contributed by atoms with Gasteiger partial charge in [0.1, 0.15) is 5.82 Å². The van der Waals surface area contributed by atoms with Crippen LogP contribution in [0.5, 0.6) is 0 Å². The maximum absolute atomic E-state index is 13.4. The monoisotopic (exact) mass is 375 g/mol. The van der Waals surface area contributed by atoms with E-state index in [1.165, 1.54) is 0 Å². The van der Waals surface area contributed by atoms with Crippen LogP contribution < -0.4 is 9.80 Å². The molecule has 2 heterocycles. The zero-order chi connectivity index (χ0) is 19.5. The first kappa shape index (κ1) is 18.4. The van der Waals surface area contributed by atoms with Crippen molar-refractivity contribution in [3.05, 3.63) is 65.9 Å². The second kappa shape index (κ2) is 7.98. The van der Waals surface area contributed by atoms with E-state index in [1.54, 1.807) is 6.20 Å². The first-order chi connectivity index (χ1) is 13.7. The van der Waals surface area contributed by atoms with Gasteiger partial charge in [-0.1, -0.05) is 36.4 Å². The number of hydrogen-bond donors (Lipinski definition) is 0. The molecular formula is C23H25N3O2. The lowest BCUT2D eigenvalue weighted by molar-refractivity contribution is 0.0989. The van der Waals surface area contributed by atoms with Gasteiger partial charge in [0.15, 0.2) is 0 Å². The van der Waals surface area contributed by atoms with E-state index < -0.39 is 0 Å². The van der Waals surface area contributed by atoms with E-state index in [9.17, 15) is 4.79 Å². The quantitative estimate of drug-likeness (QED) is 0.690. The summed E-state index contributed by atoms with van der Waals surface area (Å²) in [7, 11) is 0. The van der Waals surface area contributed by atoms with E-state index in [4.69, 9.17) is 9.72 Å². The number of carbonyl (C=O) groups is 1. The normalized spacial score (nSPS) is 14.3. The second-order valence-electron chi connectivity index (χ2n) is 7.03. The molecule has 0 atom stereocenters. The molecule has 1 saturated heterocycles. The largest absolute Gasteiger partial charge is 0.378 e. The van der Waals surface area contributed by atoms with E-state index in [1.807, 2.05) is 67.3 Å². The maximum atomic E-state index is 13.4. The molecule has 5 heteroatoms. The smallest absolute Gasteiger partial charge is 0.260 e. The summed E-state index contributed by atoms with van der Waals surface area (Å²) in [6.07, 6.45) is 1.73. The van der Waals surface area contributed by atoms with Gasteiger partial charge in [-0.15, -0.1) is 0 Å². The summed E-state index contributed by atoms with van der Waals surface area (Å²) in [6, 6.07) is 16.1. The first-order valence-electron chi connectivity index (χ1n) is 9.78. The number of morpholine rings is 1. The molecule has 144 valence electrons. The number of aromatic nitrogens is 1. The van der Waals surface area contributed by atoms with Gasteiger partial charge < -0.3 is 14.5 Å². The molecule has 1 aliphatic heterocycles. The van der Waals surface area contributed by atoms with E-state index in [0.29, 0.717) is 25.3 Å². The molecule has 0 radical (unpaired) electrons. The Hall–Kier alpha value is -2.92. The minimum Gasteiger partial charge on any atom is -0.378 e. The van der Waals surface area contributed by atoms with Crippen molar-refractivity contribution in [2.45, 2.75) is 13.8 Å². The molecular weight excluding hydrogens is 350 g/mol. The molecule has 1 fully saturated rings. The predicted octanol–water partition coefficient (Wildman–Crippen LogP) is 4.05. The maximum Gasteiger partial charge on any atom is 0.260 e. The first-order valence-corrected chi connectivity index (χ1v) is 9.78. The van der Waals surface area contributed by atoms with Gasteiger partial charge in [0.05, 0.1) is 18.8 Å². The number of amides is 1. The molecule has 1 aromatic heterocycles. The van der Waals surface area contributed by atoms with E-state index in [2.05, 4.69) is 4.90 Å². The summed E-state index contributed by atoms with van der Waals surface area (Å²) < 4.78 is 5.47. The highest BCUT2D eigenvalue weighted by atomic mass is 16.5. The standard InChI is InChI=1S/C23H25N3O2/c1-3-26(18-8-6-7-17(2)15-18)23(27)21-16-24-22(25-11-13-28-14-12-25)20-10-5-4-9-19(20)21/h4-10,15-16H,3,11-14H2,1-2H3. The fourth-order valence-electron chi connectivity index (χ4n) is 3.76. The van der Waals surface area contributed by atoms with E-state index in [-0.39, 0.29) is 5.91 Å². The van der Waals surface area contributed by atoms with Crippen LogP contribution in [0, 0.1) is 6.92 Å². The van der Waals surface area contributed by atoms with Gasteiger partial charge in [-0.2, -0.15) is 0 Å². The molecule has 3 aromatic rings. The Morgan fingerprint density at radius 1 is 1.11 bits per heavy atom. The molecule has 4 rings (SSSR count). The summed E-state index contributed by atoms with van der Waals surface area (Å²) >= 11 is 0.